The summed E-state index contributed by atoms with van der Waals surface area (Å²) >= 11 is 0. The number of ether oxygens (including phenoxy) is 1. The molecule has 3 heteroatoms. The van der Waals surface area contributed by atoms with E-state index in [0.29, 0.717) is 6.54 Å². The van der Waals surface area contributed by atoms with Crippen molar-refractivity contribution in [2.24, 2.45) is 0 Å². The van der Waals surface area contributed by atoms with E-state index in [2.05, 4.69) is 12.0 Å². The molecular formula is C13H15NO2. The Morgan fingerprint density at radius 1 is 1.50 bits per heavy atom. The minimum absolute atomic E-state index is 0.0582. The molecule has 1 rings (SSSR count). The van der Waals surface area contributed by atoms with E-state index in [1.807, 2.05) is 24.3 Å². The van der Waals surface area contributed by atoms with E-state index in [1.165, 1.54) is 11.8 Å². The van der Waals surface area contributed by atoms with Gasteiger partial charge in [0.2, 0.25) is 5.91 Å². The number of rotatable bonds is 3. The molecule has 0 N–H and O–H groups in total. The largest absolute Gasteiger partial charge is 0.497 e. The van der Waals surface area contributed by atoms with Gasteiger partial charge in [0, 0.05) is 13.0 Å². The van der Waals surface area contributed by atoms with Crippen molar-refractivity contribution in [2.75, 3.05) is 7.11 Å². The number of benzene rings is 1. The van der Waals surface area contributed by atoms with E-state index in [-0.39, 0.29) is 5.91 Å². The predicted octanol–water partition coefficient (Wildman–Crippen LogP) is 2.02. The van der Waals surface area contributed by atoms with Crippen molar-refractivity contribution in [1.82, 2.24) is 4.90 Å². The van der Waals surface area contributed by atoms with Gasteiger partial charge < -0.3 is 4.74 Å². The van der Waals surface area contributed by atoms with Crippen LogP contribution in [0.15, 0.2) is 24.3 Å². The minimum Gasteiger partial charge on any atom is -0.497 e. The summed E-state index contributed by atoms with van der Waals surface area (Å²) in [7, 11) is 1.62. The van der Waals surface area contributed by atoms with Gasteiger partial charge in [-0.25, -0.2) is 0 Å². The molecule has 0 aromatic heterocycles. The first-order chi connectivity index (χ1) is 7.67. The molecule has 0 unspecified atom stereocenters. The lowest BCUT2D eigenvalue weighted by atomic mass is 10.2. The van der Waals surface area contributed by atoms with Gasteiger partial charge in [0.15, 0.2) is 0 Å². The monoisotopic (exact) mass is 217 g/mol. The molecule has 0 atom stereocenters. The van der Waals surface area contributed by atoms with Crippen molar-refractivity contribution in [3.8, 4) is 17.7 Å². The molecule has 0 saturated heterocycles. The van der Waals surface area contributed by atoms with Crippen LogP contribution in [0.2, 0.25) is 0 Å². The Kier molecular flexibility index (Phi) is 4.41. The lowest BCUT2D eigenvalue weighted by Gasteiger charge is -2.13. The molecule has 0 saturated carbocycles. The van der Waals surface area contributed by atoms with Gasteiger partial charge in [-0.1, -0.05) is 18.1 Å². The summed E-state index contributed by atoms with van der Waals surface area (Å²) in [4.78, 5) is 12.8. The normalized spacial score (nSPS) is 8.94. The smallest absolute Gasteiger partial charge is 0.231 e. The molecule has 0 aliphatic heterocycles. The van der Waals surface area contributed by atoms with Gasteiger partial charge in [0.25, 0.3) is 0 Å². The second-order valence-electron chi connectivity index (χ2n) is 3.32. The molecule has 0 spiro atoms. The Morgan fingerprint density at radius 2 is 2.25 bits per heavy atom. The molecular weight excluding hydrogens is 202 g/mol. The molecule has 0 radical (unpaired) electrons. The van der Waals surface area contributed by atoms with E-state index < -0.39 is 0 Å². The third kappa shape index (κ3) is 3.32. The highest BCUT2D eigenvalue weighted by Gasteiger charge is 2.06. The molecule has 0 aliphatic rings. The van der Waals surface area contributed by atoms with Crippen molar-refractivity contribution in [1.29, 1.82) is 0 Å². The highest BCUT2D eigenvalue weighted by Crippen LogP contribution is 2.14. The molecule has 0 aliphatic carbocycles. The first kappa shape index (κ1) is 12.1. The zero-order valence-corrected chi connectivity index (χ0v) is 9.78. The molecule has 1 aromatic rings. The van der Waals surface area contributed by atoms with E-state index in [0.717, 1.165) is 11.3 Å². The summed E-state index contributed by atoms with van der Waals surface area (Å²) in [5, 5.41) is 0. The maximum absolute atomic E-state index is 11.3. The summed E-state index contributed by atoms with van der Waals surface area (Å²) < 4.78 is 5.12. The van der Waals surface area contributed by atoms with Gasteiger partial charge in [0.05, 0.1) is 13.7 Å². The van der Waals surface area contributed by atoms with Crippen LogP contribution < -0.4 is 4.74 Å². The summed E-state index contributed by atoms with van der Waals surface area (Å²) in [5.41, 5.74) is 0.998. The Bertz CT molecular complexity index is 429. The number of methoxy groups -OCH3 is 1. The van der Waals surface area contributed by atoms with E-state index in [4.69, 9.17) is 4.74 Å². The van der Waals surface area contributed by atoms with Crippen LogP contribution in [-0.2, 0) is 11.3 Å². The topological polar surface area (TPSA) is 29.5 Å². The van der Waals surface area contributed by atoms with Crippen molar-refractivity contribution in [3.05, 3.63) is 29.8 Å². The molecule has 16 heavy (non-hydrogen) atoms. The lowest BCUT2D eigenvalue weighted by molar-refractivity contribution is -0.126. The fourth-order valence-electron chi connectivity index (χ4n) is 1.32. The predicted molar refractivity (Wildman–Crippen MR) is 62.7 cm³/mol. The van der Waals surface area contributed by atoms with Crippen molar-refractivity contribution in [3.63, 3.8) is 0 Å². The second-order valence-corrected chi connectivity index (χ2v) is 3.32. The van der Waals surface area contributed by atoms with Gasteiger partial charge >= 0.3 is 0 Å². The van der Waals surface area contributed by atoms with Crippen LogP contribution in [0.3, 0.4) is 0 Å². The first-order valence-corrected chi connectivity index (χ1v) is 5.00. The van der Waals surface area contributed by atoms with Gasteiger partial charge in [-0.15, -0.1) is 0 Å². The molecule has 1 aromatic carbocycles. The van der Waals surface area contributed by atoms with Gasteiger partial charge in [-0.3, -0.25) is 9.69 Å². The Morgan fingerprint density at radius 3 is 2.81 bits per heavy atom. The second kappa shape index (κ2) is 5.82. The van der Waals surface area contributed by atoms with Crippen molar-refractivity contribution < 1.29 is 9.53 Å². The average Bonchev–Trinajstić information content (AvgIpc) is 2.28. The quantitative estimate of drug-likeness (QED) is 0.572. The van der Waals surface area contributed by atoms with Crippen molar-refractivity contribution in [2.45, 2.75) is 20.4 Å². The number of amides is 1. The highest BCUT2D eigenvalue weighted by atomic mass is 16.5. The van der Waals surface area contributed by atoms with Gasteiger partial charge in [0.1, 0.15) is 5.75 Å². The number of carbonyl (C=O) groups excluding carboxylic acids is 1. The molecule has 84 valence electrons. The van der Waals surface area contributed by atoms with Crippen LogP contribution in [0.4, 0.5) is 0 Å². The van der Waals surface area contributed by atoms with Crippen LogP contribution >= 0.6 is 0 Å². The zero-order valence-electron chi connectivity index (χ0n) is 9.78. The molecule has 0 heterocycles. The number of hydrogen-bond donors (Lipinski definition) is 0. The standard InChI is InChI=1S/C13H15NO2/c1-4-8-14(11(2)15)10-12-6-5-7-13(9-12)16-3/h5-7,9H,10H2,1-3H3. The van der Waals surface area contributed by atoms with Gasteiger partial charge in [-0.2, -0.15) is 0 Å². The first-order valence-electron chi connectivity index (χ1n) is 5.00. The number of nitrogens with zero attached hydrogens (tertiary/aromatic N) is 1. The van der Waals surface area contributed by atoms with Crippen LogP contribution in [0.1, 0.15) is 19.4 Å². The molecule has 1 amide bonds. The molecule has 3 nitrogen and oxygen atoms in total. The van der Waals surface area contributed by atoms with Crippen LogP contribution in [-0.4, -0.2) is 17.9 Å². The lowest BCUT2D eigenvalue weighted by Crippen LogP contribution is -2.22. The fourth-order valence-corrected chi connectivity index (χ4v) is 1.32. The fraction of sp³-hybridized carbons (Fsp3) is 0.308. The van der Waals surface area contributed by atoms with Crippen LogP contribution in [0, 0.1) is 12.0 Å². The van der Waals surface area contributed by atoms with Gasteiger partial charge in [-0.05, 0) is 24.6 Å². The Balaban J connectivity index is 2.83. The average molecular weight is 217 g/mol. The third-order valence-electron chi connectivity index (χ3n) is 2.10. The van der Waals surface area contributed by atoms with E-state index >= 15 is 0 Å². The third-order valence-corrected chi connectivity index (χ3v) is 2.10. The van der Waals surface area contributed by atoms with Crippen LogP contribution in [0.5, 0.6) is 5.75 Å². The minimum atomic E-state index is -0.0582. The zero-order chi connectivity index (χ0) is 12.0. The number of hydrogen-bond acceptors (Lipinski definition) is 2. The maximum atomic E-state index is 11.3. The molecule has 0 bridgehead atoms. The van der Waals surface area contributed by atoms with E-state index in [1.54, 1.807) is 14.0 Å². The summed E-state index contributed by atoms with van der Waals surface area (Å²) in [6.45, 7) is 3.69. The Labute approximate surface area is 96.0 Å². The molecule has 0 fully saturated rings. The van der Waals surface area contributed by atoms with Crippen LogP contribution in [0.25, 0.3) is 0 Å². The highest BCUT2D eigenvalue weighted by molar-refractivity contribution is 5.75. The summed E-state index contributed by atoms with van der Waals surface area (Å²) in [6.07, 6.45) is 0. The SMILES string of the molecule is CC#CN(Cc1cccc(OC)c1)C(C)=O. The summed E-state index contributed by atoms with van der Waals surface area (Å²) in [6, 6.07) is 10.4. The van der Waals surface area contributed by atoms with E-state index in [9.17, 15) is 4.79 Å². The summed E-state index contributed by atoms with van der Waals surface area (Å²) in [5.74, 6) is 3.45. The maximum Gasteiger partial charge on any atom is 0.231 e. The Hall–Kier alpha value is -1.95. The number of carbonyl (C=O) groups is 1. The van der Waals surface area contributed by atoms with Crippen molar-refractivity contribution >= 4 is 5.91 Å².